The fourth-order valence-corrected chi connectivity index (χ4v) is 2.83. The lowest BCUT2D eigenvalue weighted by atomic mass is 9.98. The molecular formula is C13H12BrN5O2S. The van der Waals surface area contributed by atoms with E-state index in [4.69, 9.17) is 0 Å². The van der Waals surface area contributed by atoms with E-state index in [0.29, 0.717) is 18.2 Å². The molecule has 0 saturated carbocycles. The number of hydrogen-bond donors (Lipinski definition) is 1. The van der Waals surface area contributed by atoms with Gasteiger partial charge in [-0.2, -0.15) is 0 Å². The van der Waals surface area contributed by atoms with Crippen LogP contribution in [-0.2, 0) is 9.59 Å². The molecule has 1 saturated heterocycles. The maximum absolute atomic E-state index is 12.0. The number of carbonyl (C=O) groups is 2. The number of anilines is 1. The second-order valence-electron chi connectivity index (χ2n) is 4.82. The molecule has 2 aromatic heterocycles. The number of likely N-dealkylation sites (tertiary alicyclic amines) is 1. The second kappa shape index (κ2) is 6.49. The molecular weight excluding hydrogens is 370 g/mol. The summed E-state index contributed by atoms with van der Waals surface area (Å²) in [6.45, 7) is 1.09. The average Bonchev–Trinajstić information content (AvgIpc) is 2.91. The summed E-state index contributed by atoms with van der Waals surface area (Å²) in [6, 6.07) is 0. The van der Waals surface area contributed by atoms with Crippen LogP contribution in [0.1, 0.15) is 18.2 Å². The Hall–Kier alpha value is -1.87. The van der Waals surface area contributed by atoms with Gasteiger partial charge in [-0.3, -0.25) is 9.59 Å². The van der Waals surface area contributed by atoms with Crippen LogP contribution in [0.15, 0.2) is 28.4 Å². The van der Waals surface area contributed by atoms with Gasteiger partial charge in [-0.25, -0.2) is 15.0 Å². The highest BCUT2D eigenvalue weighted by molar-refractivity contribution is 9.10. The van der Waals surface area contributed by atoms with E-state index in [1.54, 1.807) is 28.9 Å². The predicted octanol–water partition coefficient (Wildman–Crippen LogP) is 1.65. The fraction of sp³-hybridized carbons (Fsp3) is 0.308. The van der Waals surface area contributed by atoms with Crippen molar-refractivity contribution in [2.45, 2.75) is 12.3 Å². The van der Waals surface area contributed by atoms with Crippen LogP contribution < -0.4 is 5.32 Å². The number of halogens is 1. The van der Waals surface area contributed by atoms with E-state index >= 15 is 0 Å². The topological polar surface area (TPSA) is 88.1 Å². The Balaban J connectivity index is 1.47. The van der Waals surface area contributed by atoms with Gasteiger partial charge in [0.2, 0.25) is 11.8 Å². The Bertz CT molecular complexity index is 670. The molecule has 114 valence electrons. The van der Waals surface area contributed by atoms with E-state index in [-0.39, 0.29) is 24.2 Å². The number of hydrogen-bond acceptors (Lipinski definition) is 6. The Morgan fingerprint density at radius 1 is 1.32 bits per heavy atom. The normalized spacial score (nSPS) is 14.5. The van der Waals surface area contributed by atoms with Gasteiger partial charge in [0, 0.05) is 37.1 Å². The van der Waals surface area contributed by atoms with E-state index in [0.717, 1.165) is 10.3 Å². The van der Waals surface area contributed by atoms with Gasteiger partial charge in [-0.05, 0) is 15.9 Å². The summed E-state index contributed by atoms with van der Waals surface area (Å²) >= 11 is 4.60. The van der Waals surface area contributed by atoms with Gasteiger partial charge in [-0.1, -0.05) is 0 Å². The van der Waals surface area contributed by atoms with Gasteiger partial charge < -0.3 is 10.2 Å². The molecule has 3 heterocycles. The monoisotopic (exact) mass is 381 g/mol. The van der Waals surface area contributed by atoms with Crippen molar-refractivity contribution in [1.82, 2.24) is 19.9 Å². The first-order valence-electron chi connectivity index (χ1n) is 6.56. The van der Waals surface area contributed by atoms with Crippen molar-refractivity contribution in [2.24, 2.45) is 0 Å². The number of nitrogens with one attached hydrogen (secondary N) is 1. The molecule has 0 aromatic carbocycles. The molecule has 2 aromatic rings. The summed E-state index contributed by atoms with van der Waals surface area (Å²) in [5, 5.41) is 4.86. The third-order valence-corrected chi connectivity index (χ3v) is 4.33. The largest absolute Gasteiger partial charge is 0.341 e. The van der Waals surface area contributed by atoms with Crippen molar-refractivity contribution in [1.29, 1.82) is 0 Å². The van der Waals surface area contributed by atoms with Crippen molar-refractivity contribution in [3.05, 3.63) is 34.3 Å². The second-order valence-corrected chi connectivity index (χ2v) is 6.63. The van der Waals surface area contributed by atoms with Crippen LogP contribution in [0.3, 0.4) is 0 Å². The smallest absolute Gasteiger partial charge is 0.235 e. The lowest BCUT2D eigenvalue weighted by Crippen LogP contribution is -2.49. The van der Waals surface area contributed by atoms with Crippen LogP contribution in [0, 0.1) is 0 Å². The summed E-state index contributed by atoms with van der Waals surface area (Å²) in [4.78, 5) is 37.8. The van der Waals surface area contributed by atoms with Gasteiger partial charge in [-0.15, -0.1) is 11.3 Å². The van der Waals surface area contributed by atoms with Crippen LogP contribution in [0.25, 0.3) is 0 Å². The fourth-order valence-electron chi connectivity index (χ4n) is 2.08. The summed E-state index contributed by atoms with van der Waals surface area (Å²) < 4.78 is 0.822. The van der Waals surface area contributed by atoms with Gasteiger partial charge >= 0.3 is 0 Å². The van der Waals surface area contributed by atoms with Crippen LogP contribution >= 0.6 is 27.3 Å². The minimum absolute atomic E-state index is 0.138. The van der Waals surface area contributed by atoms with E-state index in [1.807, 2.05) is 0 Å². The third kappa shape index (κ3) is 3.47. The number of rotatable bonds is 4. The number of thiazole rings is 1. The van der Waals surface area contributed by atoms with Crippen molar-refractivity contribution in [3.8, 4) is 0 Å². The lowest BCUT2D eigenvalue weighted by Gasteiger charge is -2.38. The standard InChI is InChI=1S/C13H12BrN5O2S/c14-9-4-16-12(17-5-9)8-6-19(7-8)11(21)3-10(20)18-13-15-1-2-22-13/h1-2,4-5,8H,3,6-7H2,(H,15,18,20). The Labute approximate surface area is 138 Å². The van der Waals surface area contributed by atoms with Gasteiger partial charge in [0.15, 0.2) is 5.13 Å². The van der Waals surface area contributed by atoms with Gasteiger partial charge in [0.1, 0.15) is 12.2 Å². The van der Waals surface area contributed by atoms with Crippen molar-refractivity contribution in [3.63, 3.8) is 0 Å². The van der Waals surface area contributed by atoms with E-state index in [1.165, 1.54) is 11.3 Å². The molecule has 1 N–H and O–H groups in total. The highest BCUT2D eigenvalue weighted by Crippen LogP contribution is 2.25. The zero-order valence-electron chi connectivity index (χ0n) is 11.4. The van der Waals surface area contributed by atoms with Gasteiger partial charge in [0.05, 0.1) is 10.4 Å². The van der Waals surface area contributed by atoms with Crippen LogP contribution in [0.5, 0.6) is 0 Å². The van der Waals surface area contributed by atoms with Gasteiger partial charge in [0.25, 0.3) is 0 Å². The molecule has 3 rings (SSSR count). The summed E-state index contributed by atoms with van der Waals surface area (Å²) in [5.41, 5.74) is 0. The first kappa shape index (κ1) is 15.0. The van der Waals surface area contributed by atoms with E-state index in [9.17, 15) is 9.59 Å². The van der Waals surface area contributed by atoms with Crippen LogP contribution in [0.4, 0.5) is 5.13 Å². The van der Waals surface area contributed by atoms with Crippen molar-refractivity contribution >= 4 is 44.2 Å². The molecule has 22 heavy (non-hydrogen) atoms. The molecule has 2 amide bonds. The Morgan fingerprint density at radius 2 is 2.05 bits per heavy atom. The van der Waals surface area contributed by atoms with Crippen LogP contribution in [-0.4, -0.2) is 44.8 Å². The molecule has 0 spiro atoms. The lowest BCUT2D eigenvalue weighted by molar-refractivity contribution is -0.138. The highest BCUT2D eigenvalue weighted by atomic mass is 79.9. The van der Waals surface area contributed by atoms with Crippen LogP contribution in [0.2, 0.25) is 0 Å². The molecule has 0 radical (unpaired) electrons. The molecule has 1 aliphatic rings. The molecule has 7 nitrogen and oxygen atoms in total. The number of nitrogens with zero attached hydrogens (tertiary/aromatic N) is 4. The molecule has 0 unspecified atom stereocenters. The molecule has 0 aliphatic carbocycles. The van der Waals surface area contributed by atoms with Crippen molar-refractivity contribution in [2.75, 3.05) is 18.4 Å². The van der Waals surface area contributed by atoms with E-state index in [2.05, 4.69) is 36.2 Å². The SMILES string of the molecule is O=C(CC(=O)N1CC(c2ncc(Br)cn2)C1)Nc1nccs1. The predicted molar refractivity (Wildman–Crippen MR) is 84.4 cm³/mol. The number of carbonyl (C=O) groups excluding carboxylic acids is 2. The summed E-state index contributed by atoms with van der Waals surface area (Å²) in [6.07, 6.45) is 4.80. The first-order chi connectivity index (χ1) is 10.6. The molecule has 0 atom stereocenters. The maximum Gasteiger partial charge on any atom is 0.235 e. The van der Waals surface area contributed by atoms with Crippen molar-refractivity contribution < 1.29 is 9.59 Å². The first-order valence-corrected chi connectivity index (χ1v) is 8.23. The average molecular weight is 382 g/mol. The number of amides is 2. The Kier molecular flexibility index (Phi) is 4.44. The zero-order valence-corrected chi connectivity index (χ0v) is 13.8. The molecule has 1 aliphatic heterocycles. The quantitative estimate of drug-likeness (QED) is 0.813. The minimum atomic E-state index is -0.344. The molecule has 1 fully saturated rings. The van der Waals surface area contributed by atoms with E-state index < -0.39 is 0 Å². The highest BCUT2D eigenvalue weighted by Gasteiger charge is 2.34. The zero-order chi connectivity index (χ0) is 15.5. The Morgan fingerprint density at radius 3 is 2.68 bits per heavy atom. The molecule has 9 heteroatoms. The summed E-state index contributed by atoms with van der Waals surface area (Å²) in [7, 11) is 0. The minimum Gasteiger partial charge on any atom is -0.341 e. The third-order valence-electron chi connectivity index (χ3n) is 3.23. The number of aromatic nitrogens is 3. The summed E-state index contributed by atoms with van der Waals surface area (Å²) in [5.74, 6) is 0.323. The molecule has 0 bridgehead atoms. The maximum atomic E-state index is 12.0.